The fourth-order valence-electron chi connectivity index (χ4n) is 3.19. The number of hydrogen-bond acceptors (Lipinski definition) is 4. The molecule has 4 rings (SSSR count). The Balaban J connectivity index is 1.27. The smallest absolute Gasteiger partial charge is 0.262 e. The summed E-state index contributed by atoms with van der Waals surface area (Å²) >= 11 is 0. The first kappa shape index (κ1) is 17.0. The van der Waals surface area contributed by atoms with Crippen LogP contribution in [0.25, 0.3) is 11.0 Å². The topological polar surface area (TPSA) is 95.2 Å². The minimum Gasteiger partial charge on any atom is -0.355 e. The summed E-state index contributed by atoms with van der Waals surface area (Å²) in [5, 5.41) is 2.75. The minimum absolute atomic E-state index is 0.267. The van der Waals surface area contributed by atoms with Gasteiger partial charge in [-0.2, -0.15) is 0 Å². The van der Waals surface area contributed by atoms with E-state index in [0.717, 1.165) is 21.8 Å². The van der Waals surface area contributed by atoms with E-state index in [1.54, 1.807) is 24.3 Å². The number of nitrogens with zero attached hydrogens (tertiary/aromatic N) is 2. The molecule has 3 aromatic rings. The Morgan fingerprint density at radius 3 is 2.37 bits per heavy atom. The van der Waals surface area contributed by atoms with Gasteiger partial charge in [-0.25, -0.2) is 4.98 Å². The average molecular weight is 362 g/mol. The van der Waals surface area contributed by atoms with Crippen LogP contribution in [0, 0.1) is 0 Å². The number of aromatic nitrogens is 2. The molecule has 0 bridgehead atoms. The fraction of sp³-hybridized carbons (Fsp3) is 0.200. The number of H-pyrrole nitrogens is 1. The van der Waals surface area contributed by atoms with E-state index < -0.39 is 11.8 Å². The van der Waals surface area contributed by atoms with Gasteiger partial charge in [0, 0.05) is 13.0 Å². The van der Waals surface area contributed by atoms with Crippen LogP contribution in [-0.2, 0) is 11.2 Å². The highest BCUT2D eigenvalue weighted by molar-refractivity contribution is 6.22. The lowest BCUT2D eigenvalue weighted by atomic mass is 10.1. The summed E-state index contributed by atoms with van der Waals surface area (Å²) in [6.45, 7) is 0.177. The molecule has 1 aromatic heterocycles. The molecule has 3 amide bonds. The quantitative estimate of drug-likeness (QED) is 0.517. The van der Waals surface area contributed by atoms with Crippen molar-refractivity contribution in [2.75, 3.05) is 13.1 Å². The second kappa shape index (κ2) is 7.03. The van der Waals surface area contributed by atoms with Gasteiger partial charge in [0.25, 0.3) is 11.8 Å². The van der Waals surface area contributed by atoms with Gasteiger partial charge in [-0.1, -0.05) is 24.3 Å². The number of para-hydroxylation sites is 2. The summed E-state index contributed by atoms with van der Waals surface area (Å²) in [7, 11) is 0. The van der Waals surface area contributed by atoms with Crippen molar-refractivity contribution in [2.24, 2.45) is 0 Å². The van der Waals surface area contributed by atoms with Crippen molar-refractivity contribution in [2.45, 2.75) is 12.8 Å². The lowest BCUT2D eigenvalue weighted by molar-refractivity contribution is -0.121. The lowest BCUT2D eigenvalue weighted by Gasteiger charge is -2.13. The van der Waals surface area contributed by atoms with Crippen molar-refractivity contribution in [3.63, 3.8) is 0 Å². The number of hydrogen-bond donors (Lipinski definition) is 2. The summed E-state index contributed by atoms with van der Waals surface area (Å²) < 4.78 is 0. The Labute approximate surface area is 155 Å². The van der Waals surface area contributed by atoms with E-state index in [4.69, 9.17) is 0 Å². The lowest BCUT2D eigenvalue weighted by Crippen LogP contribution is -2.40. The van der Waals surface area contributed by atoms with E-state index in [2.05, 4.69) is 15.3 Å². The zero-order valence-electron chi connectivity index (χ0n) is 14.6. The van der Waals surface area contributed by atoms with Crippen molar-refractivity contribution >= 4 is 28.8 Å². The molecule has 0 unspecified atom stereocenters. The molecular weight excluding hydrogens is 344 g/mol. The highest BCUT2D eigenvalue weighted by Crippen LogP contribution is 2.21. The second-order valence-electron chi connectivity index (χ2n) is 6.40. The number of benzene rings is 2. The second-order valence-corrected chi connectivity index (χ2v) is 6.40. The molecule has 0 fully saturated rings. The number of carbonyl (C=O) groups is 3. The molecule has 0 aliphatic carbocycles. The molecule has 27 heavy (non-hydrogen) atoms. The highest BCUT2D eigenvalue weighted by atomic mass is 16.2. The van der Waals surface area contributed by atoms with Gasteiger partial charge in [-0.3, -0.25) is 19.3 Å². The fourth-order valence-corrected chi connectivity index (χ4v) is 3.19. The highest BCUT2D eigenvalue weighted by Gasteiger charge is 2.36. The molecule has 0 saturated heterocycles. The Morgan fingerprint density at radius 1 is 1.00 bits per heavy atom. The van der Waals surface area contributed by atoms with Gasteiger partial charge >= 0.3 is 0 Å². The van der Waals surface area contributed by atoms with Crippen LogP contribution in [0.1, 0.15) is 33.0 Å². The van der Waals surface area contributed by atoms with Crippen LogP contribution >= 0.6 is 0 Å². The Kier molecular flexibility index (Phi) is 4.42. The van der Waals surface area contributed by atoms with E-state index >= 15 is 0 Å². The molecule has 0 saturated carbocycles. The standard InChI is InChI=1S/C20H18N4O3/c25-18(12-24-19(26)13-6-1-2-7-14(13)20(24)27)21-11-5-10-17-22-15-8-3-4-9-16(15)23-17/h1-4,6-9H,5,10-12H2,(H,21,25)(H,22,23). The molecule has 2 N–H and O–H groups in total. The van der Waals surface area contributed by atoms with Gasteiger partial charge < -0.3 is 10.3 Å². The molecule has 2 aromatic carbocycles. The third-order valence-electron chi connectivity index (χ3n) is 4.53. The van der Waals surface area contributed by atoms with Crippen molar-refractivity contribution in [1.82, 2.24) is 20.2 Å². The van der Waals surface area contributed by atoms with Crippen LogP contribution in [0.15, 0.2) is 48.5 Å². The van der Waals surface area contributed by atoms with Crippen LogP contribution in [0.4, 0.5) is 0 Å². The maximum Gasteiger partial charge on any atom is 0.262 e. The van der Waals surface area contributed by atoms with Crippen molar-refractivity contribution < 1.29 is 14.4 Å². The van der Waals surface area contributed by atoms with E-state index in [0.29, 0.717) is 30.5 Å². The predicted octanol–water partition coefficient (Wildman–Crippen LogP) is 1.91. The molecule has 0 radical (unpaired) electrons. The molecule has 136 valence electrons. The van der Waals surface area contributed by atoms with Crippen LogP contribution in [0.3, 0.4) is 0 Å². The zero-order valence-corrected chi connectivity index (χ0v) is 14.6. The van der Waals surface area contributed by atoms with Gasteiger partial charge in [0.05, 0.1) is 22.2 Å². The third-order valence-corrected chi connectivity index (χ3v) is 4.53. The van der Waals surface area contributed by atoms with E-state index in [1.807, 2.05) is 24.3 Å². The summed E-state index contributed by atoms with van der Waals surface area (Å²) in [5.74, 6) is -0.332. The van der Waals surface area contributed by atoms with Crippen LogP contribution < -0.4 is 5.32 Å². The molecule has 7 nitrogen and oxygen atoms in total. The van der Waals surface area contributed by atoms with E-state index in [1.165, 1.54) is 0 Å². The molecule has 1 aliphatic heterocycles. The number of imidazole rings is 1. The SMILES string of the molecule is O=C(CN1C(=O)c2ccccc2C1=O)NCCCc1nc2ccccc2[nH]1. The Hall–Kier alpha value is -3.48. The molecule has 7 heteroatoms. The summed E-state index contributed by atoms with van der Waals surface area (Å²) in [6.07, 6.45) is 1.40. The first-order chi connectivity index (χ1) is 13.1. The van der Waals surface area contributed by atoms with Gasteiger partial charge in [-0.05, 0) is 30.7 Å². The Morgan fingerprint density at radius 2 is 1.67 bits per heavy atom. The first-order valence-corrected chi connectivity index (χ1v) is 8.79. The van der Waals surface area contributed by atoms with E-state index in [9.17, 15) is 14.4 Å². The molecule has 0 atom stereocenters. The van der Waals surface area contributed by atoms with Gasteiger partial charge in [0.1, 0.15) is 12.4 Å². The van der Waals surface area contributed by atoms with Crippen molar-refractivity contribution in [3.8, 4) is 0 Å². The van der Waals surface area contributed by atoms with Crippen molar-refractivity contribution in [1.29, 1.82) is 0 Å². The summed E-state index contributed by atoms with van der Waals surface area (Å²) in [4.78, 5) is 45.3. The molecule has 0 spiro atoms. The number of aromatic amines is 1. The first-order valence-electron chi connectivity index (χ1n) is 8.79. The number of aryl methyl sites for hydroxylation is 1. The molecular formula is C20H18N4O3. The normalized spacial score (nSPS) is 13.3. The number of rotatable bonds is 6. The zero-order chi connectivity index (χ0) is 18.8. The monoisotopic (exact) mass is 362 g/mol. The largest absolute Gasteiger partial charge is 0.355 e. The summed E-state index contributed by atoms with van der Waals surface area (Å²) in [5.41, 5.74) is 2.60. The van der Waals surface area contributed by atoms with Gasteiger partial charge in [0.15, 0.2) is 0 Å². The van der Waals surface area contributed by atoms with Crippen LogP contribution in [0.5, 0.6) is 0 Å². The average Bonchev–Trinajstić information content (AvgIpc) is 3.20. The number of amides is 3. The van der Waals surface area contributed by atoms with Gasteiger partial charge in [-0.15, -0.1) is 0 Å². The summed E-state index contributed by atoms with van der Waals surface area (Å²) in [6, 6.07) is 14.4. The number of carbonyl (C=O) groups excluding carboxylic acids is 3. The van der Waals surface area contributed by atoms with Gasteiger partial charge in [0.2, 0.25) is 5.91 Å². The van der Waals surface area contributed by atoms with Crippen LogP contribution in [-0.4, -0.2) is 45.7 Å². The van der Waals surface area contributed by atoms with Crippen molar-refractivity contribution in [3.05, 3.63) is 65.5 Å². The Bertz CT molecular complexity index is 972. The molecule has 1 aliphatic rings. The molecule has 2 heterocycles. The van der Waals surface area contributed by atoms with E-state index in [-0.39, 0.29) is 12.5 Å². The third kappa shape index (κ3) is 3.31. The number of imide groups is 1. The number of fused-ring (bicyclic) bond motifs is 2. The predicted molar refractivity (Wildman–Crippen MR) is 99.2 cm³/mol. The van der Waals surface area contributed by atoms with Crippen LogP contribution in [0.2, 0.25) is 0 Å². The maximum absolute atomic E-state index is 12.3. The minimum atomic E-state index is -0.423. The number of nitrogens with one attached hydrogen (secondary N) is 2. The maximum atomic E-state index is 12.3.